The van der Waals surface area contributed by atoms with Crippen LogP contribution in [-0.4, -0.2) is 43.3 Å². The number of carbonyl (C=O) groups is 1. The summed E-state index contributed by atoms with van der Waals surface area (Å²) in [6.07, 6.45) is 1.36. The fourth-order valence-corrected chi connectivity index (χ4v) is 4.47. The Morgan fingerprint density at radius 1 is 1.35 bits per heavy atom. The van der Waals surface area contributed by atoms with Gasteiger partial charge in [0.1, 0.15) is 0 Å². The van der Waals surface area contributed by atoms with Crippen molar-refractivity contribution in [1.82, 2.24) is 4.90 Å². The minimum absolute atomic E-state index is 0.0820. The highest BCUT2D eigenvalue weighted by Gasteiger charge is 2.34. The van der Waals surface area contributed by atoms with Crippen LogP contribution in [0.15, 0.2) is 28.7 Å². The summed E-state index contributed by atoms with van der Waals surface area (Å²) in [6, 6.07) is 6.99. The average molecular weight is 360 g/mol. The van der Waals surface area contributed by atoms with E-state index in [0.717, 1.165) is 10.9 Å². The van der Waals surface area contributed by atoms with Crippen molar-refractivity contribution in [2.75, 3.05) is 18.1 Å². The lowest BCUT2D eigenvalue weighted by Gasteiger charge is -2.28. The van der Waals surface area contributed by atoms with Gasteiger partial charge in [0.2, 0.25) is 0 Å². The summed E-state index contributed by atoms with van der Waals surface area (Å²) in [5, 5.41) is 0. The fraction of sp³-hybridized carbons (Fsp3) is 0.500. The molecule has 0 saturated carbocycles. The van der Waals surface area contributed by atoms with Crippen LogP contribution in [-0.2, 0) is 9.84 Å². The van der Waals surface area contributed by atoms with Crippen molar-refractivity contribution in [2.24, 2.45) is 0 Å². The summed E-state index contributed by atoms with van der Waals surface area (Å²) < 4.78 is 24.1. The van der Waals surface area contributed by atoms with Gasteiger partial charge in [0.25, 0.3) is 5.91 Å². The van der Waals surface area contributed by atoms with Crippen molar-refractivity contribution in [3.63, 3.8) is 0 Å². The van der Waals surface area contributed by atoms with Gasteiger partial charge in [-0.2, -0.15) is 0 Å². The first-order valence-electron chi connectivity index (χ1n) is 6.70. The van der Waals surface area contributed by atoms with Crippen LogP contribution in [0.2, 0.25) is 0 Å². The Morgan fingerprint density at radius 3 is 2.50 bits per heavy atom. The summed E-state index contributed by atoms with van der Waals surface area (Å²) in [5.41, 5.74) is 0.603. The van der Waals surface area contributed by atoms with Crippen LogP contribution in [0.3, 0.4) is 0 Å². The molecule has 20 heavy (non-hydrogen) atoms. The third-order valence-corrected chi connectivity index (χ3v) is 5.74. The van der Waals surface area contributed by atoms with Crippen molar-refractivity contribution < 1.29 is 13.2 Å². The third kappa shape index (κ3) is 3.61. The molecule has 1 amide bonds. The standard InChI is InChI=1S/C14H18BrNO3S/c1-2-8-16(13-7-9-20(18,19)10-13)14(17)11-3-5-12(15)6-4-11/h3-6,13H,2,7-10H2,1H3. The van der Waals surface area contributed by atoms with E-state index in [9.17, 15) is 13.2 Å². The van der Waals surface area contributed by atoms with Gasteiger partial charge in [0.05, 0.1) is 11.5 Å². The molecule has 110 valence electrons. The van der Waals surface area contributed by atoms with Gasteiger partial charge in [-0.15, -0.1) is 0 Å². The van der Waals surface area contributed by atoms with Gasteiger partial charge in [0, 0.05) is 22.6 Å². The number of hydrogen-bond acceptors (Lipinski definition) is 3. The van der Waals surface area contributed by atoms with Crippen molar-refractivity contribution in [3.05, 3.63) is 34.3 Å². The Hall–Kier alpha value is -0.880. The molecule has 1 aliphatic rings. The van der Waals surface area contributed by atoms with Crippen LogP contribution in [0.25, 0.3) is 0 Å². The molecule has 0 bridgehead atoms. The molecule has 1 aromatic carbocycles. The summed E-state index contributed by atoms with van der Waals surface area (Å²) in [6.45, 7) is 2.58. The van der Waals surface area contributed by atoms with E-state index in [1.807, 2.05) is 19.1 Å². The minimum Gasteiger partial charge on any atom is -0.335 e. The highest BCUT2D eigenvalue weighted by molar-refractivity contribution is 9.10. The van der Waals surface area contributed by atoms with E-state index in [1.165, 1.54) is 0 Å². The summed E-state index contributed by atoms with van der Waals surface area (Å²) in [7, 11) is -2.98. The number of rotatable bonds is 4. The van der Waals surface area contributed by atoms with Crippen LogP contribution in [0.4, 0.5) is 0 Å². The van der Waals surface area contributed by atoms with Crippen molar-refractivity contribution in [3.8, 4) is 0 Å². The topological polar surface area (TPSA) is 54.5 Å². The van der Waals surface area contributed by atoms with Gasteiger partial charge in [-0.05, 0) is 37.1 Å². The second kappa shape index (κ2) is 6.26. The number of amides is 1. The van der Waals surface area contributed by atoms with E-state index in [4.69, 9.17) is 0 Å². The lowest BCUT2D eigenvalue weighted by atomic mass is 10.1. The third-order valence-electron chi connectivity index (χ3n) is 3.47. The Kier molecular flexibility index (Phi) is 4.86. The van der Waals surface area contributed by atoms with Crippen LogP contribution >= 0.6 is 15.9 Å². The monoisotopic (exact) mass is 359 g/mol. The normalized spacial score (nSPS) is 20.8. The van der Waals surface area contributed by atoms with E-state index in [-0.39, 0.29) is 23.5 Å². The predicted octanol–water partition coefficient (Wildman–Crippen LogP) is 2.49. The molecular weight excluding hydrogens is 342 g/mol. The molecule has 0 spiro atoms. The van der Waals surface area contributed by atoms with Gasteiger partial charge in [-0.25, -0.2) is 8.42 Å². The lowest BCUT2D eigenvalue weighted by Crippen LogP contribution is -2.41. The van der Waals surface area contributed by atoms with Gasteiger partial charge in [-0.1, -0.05) is 22.9 Å². The summed E-state index contributed by atoms with van der Waals surface area (Å²) in [5.74, 6) is 0.197. The number of halogens is 1. The Balaban J connectivity index is 2.20. The molecule has 4 nitrogen and oxygen atoms in total. The molecule has 1 aromatic rings. The van der Waals surface area contributed by atoms with Crippen LogP contribution in [0, 0.1) is 0 Å². The second-order valence-corrected chi connectivity index (χ2v) is 8.21. The molecule has 0 aliphatic carbocycles. The van der Waals surface area contributed by atoms with Crippen molar-refractivity contribution in [1.29, 1.82) is 0 Å². The molecule has 0 N–H and O–H groups in total. The quantitative estimate of drug-likeness (QED) is 0.829. The summed E-state index contributed by atoms with van der Waals surface area (Å²) in [4.78, 5) is 14.3. The summed E-state index contributed by atoms with van der Waals surface area (Å²) >= 11 is 3.34. The number of nitrogens with zero attached hydrogens (tertiary/aromatic N) is 1. The zero-order valence-electron chi connectivity index (χ0n) is 11.4. The largest absolute Gasteiger partial charge is 0.335 e. The molecule has 6 heteroatoms. The fourth-order valence-electron chi connectivity index (χ4n) is 2.47. The van der Waals surface area contributed by atoms with E-state index < -0.39 is 9.84 Å². The molecule has 1 saturated heterocycles. The van der Waals surface area contributed by atoms with Gasteiger partial charge in [-0.3, -0.25) is 4.79 Å². The van der Waals surface area contributed by atoms with Crippen molar-refractivity contribution in [2.45, 2.75) is 25.8 Å². The number of carbonyl (C=O) groups excluding carboxylic acids is 1. The second-order valence-electron chi connectivity index (χ2n) is 5.06. The smallest absolute Gasteiger partial charge is 0.254 e. The van der Waals surface area contributed by atoms with E-state index >= 15 is 0 Å². The van der Waals surface area contributed by atoms with Gasteiger partial charge >= 0.3 is 0 Å². The van der Waals surface area contributed by atoms with E-state index in [1.54, 1.807) is 17.0 Å². The Morgan fingerprint density at radius 2 is 2.00 bits per heavy atom. The Bertz CT molecular complexity index is 583. The molecule has 0 radical (unpaired) electrons. The zero-order valence-corrected chi connectivity index (χ0v) is 13.8. The molecule has 1 heterocycles. The molecule has 2 rings (SSSR count). The minimum atomic E-state index is -2.98. The maximum atomic E-state index is 12.6. The van der Waals surface area contributed by atoms with E-state index in [2.05, 4.69) is 15.9 Å². The Labute approximate surface area is 128 Å². The highest BCUT2D eigenvalue weighted by atomic mass is 79.9. The maximum Gasteiger partial charge on any atom is 0.254 e. The van der Waals surface area contributed by atoms with E-state index in [0.29, 0.717) is 18.5 Å². The SMILES string of the molecule is CCCN(C(=O)c1ccc(Br)cc1)C1CCS(=O)(=O)C1. The maximum absolute atomic E-state index is 12.6. The molecule has 1 aliphatic heterocycles. The lowest BCUT2D eigenvalue weighted by molar-refractivity contribution is 0.0697. The van der Waals surface area contributed by atoms with Crippen molar-refractivity contribution >= 4 is 31.7 Å². The number of hydrogen-bond donors (Lipinski definition) is 0. The van der Waals surface area contributed by atoms with Crippen LogP contribution < -0.4 is 0 Å². The number of sulfone groups is 1. The van der Waals surface area contributed by atoms with Crippen LogP contribution in [0.1, 0.15) is 30.1 Å². The first-order valence-corrected chi connectivity index (χ1v) is 9.31. The highest BCUT2D eigenvalue weighted by Crippen LogP contribution is 2.21. The molecular formula is C14H18BrNO3S. The van der Waals surface area contributed by atoms with Crippen LogP contribution in [0.5, 0.6) is 0 Å². The first kappa shape index (κ1) is 15.5. The zero-order chi connectivity index (χ0) is 14.8. The predicted molar refractivity (Wildman–Crippen MR) is 82.5 cm³/mol. The first-order chi connectivity index (χ1) is 9.43. The molecule has 1 atom stereocenters. The molecule has 0 aromatic heterocycles. The number of benzene rings is 1. The molecule has 1 unspecified atom stereocenters. The average Bonchev–Trinajstić information content (AvgIpc) is 2.76. The van der Waals surface area contributed by atoms with Gasteiger partial charge < -0.3 is 4.90 Å². The van der Waals surface area contributed by atoms with Gasteiger partial charge in [0.15, 0.2) is 9.84 Å². The molecule has 1 fully saturated rings.